The van der Waals surface area contributed by atoms with Gasteiger partial charge in [0, 0.05) is 6.04 Å². The van der Waals surface area contributed by atoms with Gasteiger partial charge in [0.2, 0.25) is 0 Å². The maximum atomic E-state index is 5.79. The van der Waals surface area contributed by atoms with E-state index in [1.807, 2.05) is 30.3 Å². The molecule has 0 radical (unpaired) electrons. The van der Waals surface area contributed by atoms with Gasteiger partial charge in [-0.2, -0.15) is 0 Å². The van der Waals surface area contributed by atoms with Gasteiger partial charge in [0.15, 0.2) is 0 Å². The summed E-state index contributed by atoms with van der Waals surface area (Å²) in [4.78, 5) is 0. The molecule has 1 fully saturated rings. The zero-order valence-corrected chi connectivity index (χ0v) is 9.78. The van der Waals surface area contributed by atoms with Crippen LogP contribution in [0.25, 0.3) is 0 Å². The van der Waals surface area contributed by atoms with Crippen molar-refractivity contribution in [3.05, 3.63) is 30.3 Å². The van der Waals surface area contributed by atoms with Crippen LogP contribution in [0.15, 0.2) is 30.3 Å². The van der Waals surface area contributed by atoms with Gasteiger partial charge in [0.25, 0.3) is 0 Å². The molecule has 1 aromatic carbocycles. The molecule has 0 amide bonds. The number of ether oxygens (including phenoxy) is 1. The summed E-state index contributed by atoms with van der Waals surface area (Å²) in [6.07, 6.45) is 2.44. The molecule has 16 heavy (non-hydrogen) atoms. The second-order valence-electron chi connectivity index (χ2n) is 4.26. The van der Waals surface area contributed by atoms with E-state index >= 15 is 0 Å². The van der Waals surface area contributed by atoms with Gasteiger partial charge >= 0.3 is 0 Å². The number of hydrogen-bond donors (Lipinski definition) is 2. The van der Waals surface area contributed by atoms with Crippen LogP contribution in [0.5, 0.6) is 5.75 Å². The molecule has 0 aromatic heterocycles. The molecular formula is C13H20N2O. The fraction of sp³-hybridized carbons (Fsp3) is 0.538. The average Bonchev–Trinajstić information content (AvgIpc) is 2.31. The smallest absolute Gasteiger partial charge is 0.147 e. The molecule has 1 aliphatic rings. The van der Waals surface area contributed by atoms with Crippen LogP contribution in [0.1, 0.15) is 19.8 Å². The van der Waals surface area contributed by atoms with E-state index in [1.54, 1.807) is 0 Å². The summed E-state index contributed by atoms with van der Waals surface area (Å²) in [7, 11) is 0. The molecule has 1 heterocycles. The van der Waals surface area contributed by atoms with E-state index in [0.717, 1.165) is 18.8 Å². The molecule has 0 spiro atoms. The number of hydrogen-bond acceptors (Lipinski definition) is 3. The number of nitrogens with one attached hydrogen (secondary N) is 2. The predicted octanol–water partition coefficient (Wildman–Crippen LogP) is 1.75. The number of para-hydroxylation sites is 1. The normalized spacial score (nSPS) is 19.3. The third kappa shape index (κ3) is 3.51. The van der Waals surface area contributed by atoms with Crippen LogP contribution in [-0.2, 0) is 0 Å². The van der Waals surface area contributed by atoms with Gasteiger partial charge in [-0.25, -0.2) is 0 Å². The first-order chi connectivity index (χ1) is 7.84. The van der Waals surface area contributed by atoms with Crippen LogP contribution in [0, 0.1) is 0 Å². The molecule has 1 aromatic rings. The van der Waals surface area contributed by atoms with Gasteiger partial charge in [-0.15, -0.1) is 0 Å². The fourth-order valence-electron chi connectivity index (χ4n) is 2.06. The second-order valence-corrected chi connectivity index (χ2v) is 4.26. The molecule has 2 N–H and O–H groups in total. The standard InChI is InChI=1S/C13H20N2O/c1-11(15-12-7-9-14-10-8-12)16-13-5-3-2-4-6-13/h2-6,11-12,14-15H,7-10H2,1H3. The summed E-state index contributed by atoms with van der Waals surface area (Å²) in [5, 5.41) is 6.86. The molecule has 3 heteroatoms. The Morgan fingerprint density at radius 1 is 1.25 bits per heavy atom. The quantitative estimate of drug-likeness (QED) is 0.758. The molecule has 1 unspecified atom stereocenters. The highest BCUT2D eigenvalue weighted by atomic mass is 16.5. The van der Waals surface area contributed by atoms with Crippen LogP contribution >= 0.6 is 0 Å². The van der Waals surface area contributed by atoms with Gasteiger partial charge < -0.3 is 10.1 Å². The van der Waals surface area contributed by atoms with Gasteiger partial charge in [-0.05, 0) is 45.0 Å². The van der Waals surface area contributed by atoms with Crippen LogP contribution in [0.3, 0.4) is 0 Å². The lowest BCUT2D eigenvalue weighted by Crippen LogP contribution is -2.45. The monoisotopic (exact) mass is 220 g/mol. The number of benzene rings is 1. The molecular weight excluding hydrogens is 200 g/mol. The van der Waals surface area contributed by atoms with Crippen LogP contribution in [-0.4, -0.2) is 25.4 Å². The van der Waals surface area contributed by atoms with E-state index < -0.39 is 0 Å². The molecule has 2 rings (SSSR count). The van der Waals surface area contributed by atoms with Gasteiger partial charge in [0.1, 0.15) is 12.0 Å². The maximum Gasteiger partial charge on any atom is 0.147 e. The number of piperidine rings is 1. The van der Waals surface area contributed by atoms with Crippen LogP contribution < -0.4 is 15.4 Å². The van der Waals surface area contributed by atoms with E-state index in [4.69, 9.17) is 4.74 Å². The Morgan fingerprint density at radius 2 is 1.94 bits per heavy atom. The Bertz CT molecular complexity index is 296. The van der Waals surface area contributed by atoms with Crippen molar-refractivity contribution in [2.45, 2.75) is 32.0 Å². The maximum absolute atomic E-state index is 5.79. The topological polar surface area (TPSA) is 33.3 Å². The molecule has 1 atom stereocenters. The van der Waals surface area contributed by atoms with Gasteiger partial charge in [-0.3, -0.25) is 5.32 Å². The highest BCUT2D eigenvalue weighted by Gasteiger charge is 2.15. The highest BCUT2D eigenvalue weighted by Crippen LogP contribution is 2.11. The molecule has 0 saturated carbocycles. The first-order valence-electron chi connectivity index (χ1n) is 6.03. The molecule has 1 saturated heterocycles. The Balaban J connectivity index is 1.77. The van der Waals surface area contributed by atoms with E-state index in [2.05, 4.69) is 17.6 Å². The summed E-state index contributed by atoms with van der Waals surface area (Å²) < 4.78 is 5.79. The molecule has 0 bridgehead atoms. The average molecular weight is 220 g/mol. The summed E-state index contributed by atoms with van der Waals surface area (Å²) in [6.45, 7) is 4.28. The Labute approximate surface area is 97.2 Å². The summed E-state index contributed by atoms with van der Waals surface area (Å²) in [6, 6.07) is 10.5. The van der Waals surface area contributed by atoms with Crippen molar-refractivity contribution in [2.24, 2.45) is 0 Å². The lowest BCUT2D eigenvalue weighted by atomic mass is 10.1. The second kappa shape index (κ2) is 5.87. The zero-order valence-electron chi connectivity index (χ0n) is 9.78. The summed E-state index contributed by atoms with van der Waals surface area (Å²) >= 11 is 0. The Kier molecular flexibility index (Phi) is 4.19. The lowest BCUT2D eigenvalue weighted by molar-refractivity contribution is 0.156. The minimum Gasteiger partial charge on any atom is -0.476 e. The third-order valence-electron chi connectivity index (χ3n) is 2.87. The molecule has 0 aliphatic carbocycles. The van der Waals surface area contributed by atoms with Crippen LogP contribution in [0.2, 0.25) is 0 Å². The third-order valence-corrected chi connectivity index (χ3v) is 2.87. The van der Waals surface area contributed by atoms with Crippen molar-refractivity contribution >= 4 is 0 Å². The Hall–Kier alpha value is -1.06. The van der Waals surface area contributed by atoms with Crippen LogP contribution in [0.4, 0.5) is 0 Å². The summed E-state index contributed by atoms with van der Waals surface area (Å²) in [5.41, 5.74) is 0. The van der Waals surface area contributed by atoms with E-state index in [-0.39, 0.29) is 6.23 Å². The SMILES string of the molecule is CC(NC1CCNCC1)Oc1ccccc1. The van der Waals surface area contributed by atoms with Crippen molar-refractivity contribution in [2.75, 3.05) is 13.1 Å². The minimum absolute atomic E-state index is 0.0745. The Morgan fingerprint density at radius 3 is 2.62 bits per heavy atom. The molecule has 1 aliphatic heterocycles. The van der Waals surface area contributed by atoms with E-state index in [0.29, 0.717) is 6.04 Å². The van der Waals surface area contributed by atoms with Gasteiger partial charge in [0.05, 0.1) is 0 Å². The van der Waals surface area contributed by atoms with E-state index in [9.17, 15) is 0 Å². The highest BCUT2D eigenvalue weighted by molar-refractivity contribution is 5.21. The molecule has 88 valence electrons. The van der Waals surface area contributed by atoms with Gasteiger partial charge in [-0.1, -0.05) is 18.2 Å². The van der Waals surface area contributed by atoms with Crippen molar-refractivity contribution in [1.29, 1.82) is 0 Å². The zero-order chi connectivity index (χ0) is 11.2. The number of rotatable bonds is 4. The van der Waals surface area contributed by atoms with Crippen molar-refractivity contribution in [3.8, 4) is 5.75 Å². The lowest BCUT2D eigenvalue weighted by Gasteiger charge is -2.27. The largest absolute Gasteiger partial charge is 0.476 e. The summed E-state index contributed by atoms with van der Waals surface area (Å²) in [5.74, 6) is 0.927. The molecule has 3 nitrogen and oxygen atoms in total. The van der Waals surface area contributed by atoms with Crippen molar-refractivity contribution in [3.63, 3.8) is 0 Å². The first kappa shape index (κ1) is 11.4. The van der Waals surface area contributed by atoms with Crippen molar-refractivity contribution < 1.29 is 4.74 Å². The van der Waals surface area contributed by atoms with E-state index in [1.165, 1.54) is 12.8 Å². The minimum atomic E-state index is 0.0745. The first-order valence-corrected chi connectivity index (χ1v) is 6.03. The fourth-order valence-corrected chi connectivity index (χ4v) is 2.06. The van der Waals surface area contributed by atoms with Crippen molar-refractivity contribution in [1.82, 2.24) is 10.6 Å². The predicted molar refractivity (Wildman–Crippen MR) is 65.6 cm³/mol.